The fourth-order valence-corrected chi connectivity index (χ4v) is 1.30. The largest absolute Gasteiger partial charge is 0.371 e. The summed E-state index contributed by atoms with van der Waals surface area (Å²) >= 11 is 0. The van der Waals surface area contributed by atoms with E-state index in [1.807, 2.05) is 65.8 Å². The number of amides is 1. The van der Waals surface area contributed by atoms with Gasteiger partial charge < -0.3 is 10.1 Å². The molecule has 1 amide bonds. The monoisotopic (exact) mass is 263 g/mol. The van der Waals surface area contributed by atoms with E-state index in [9.17, 15) is 4.79 Å². The number of hydrogen-bond acceptors (Lipinski definition) is 2. The normalized spacial score (nSPS) is 12.3. The van der Waals surface area contributed by atoms with Gasteiger partial charge in [0.1, 0.15) is 0 Å². The first-order valence-corrected chi connectivity index (χ1v) is 6.62. The lowest BCUT2D eigenvalue weighted by atomic mass is 9.95. The Morgan fingerprint density at radius 2 is 1.58 bits per heavy atom. The molecule has 0 unspecified atom stereocenters. The van der Waals surface area contributed by atoms with Crippen LogP contribution in [-0.2, 0) is 16.1 Å². The van der Waals surface area contributed by atoms with E-state index in [0.29, 0.717) is 6.61 Å². The molecule has 106 valence electrons. The summed E-state index contributed by atoms with van der Waals surface area (Å²) in [4.78, 5) is 11.8. The number of ether oxygens (including phenoxy) is 1. The predicted octanol–water partition coefficient (Wildman–Crippen LogP) is 3.99. The first-order valence-electron chi connectivity index (χ1n) is 6.62. The predicted molar refractivity (Wildman–Crippen MR) is 79.1 cm³/mol. The highest BCUT2D eigenvalue weighted by Gasteiger charge is 2.21. The Hall–Kier alpha value is -1.35. The van der Waals surface area contributed by atoms with Crippen LogP contribution in [0.4, 0.5) is 5.69 Å². The minimum absolute atomic E-state index is 0.0196. The molecule has 1 rings (SSSR count). The van der Waals surface area contributed by atoms with Crippen LogP contribution in [0.5, 0.6) is 0 Å². The summed E-state index contributed by atoms with van der Waals surface area (Å²) in [5, 5.41) is 2.90. The smallest absolute Gasteiger partial charge is 0.229 e. The van der Waals surface area contributed by atoms with E-state index in [1.165, 1.54) is 0 Å². The molecular formula is C16H25NO2. The lowest BCUT2D eigenvalue weighted by molar-refractivity contribution is -0.123. The zero-order valence-electron chi connectivity index (χ0n) is 12.8. The van der Waals surface area contributed by atoms with Crippen LogP contribution >= 0.6 is 0 Å². The highest BCUT2D eigenvalue weighted by atomic mass is 16.5. The lowest BCUT2D eigenvalue weighted by Crippen LogP contribution is -2.27. The van der Waals surface area contributed by atoms with Gasteiger partial charge in [-0.1, -0.05) is 32.9 Å². The molecular weight excluding hydrogens is 238 g/mol. The molecule has 0 bridgehead atoms. The van der Waals surface area contributed by atoms with Crippen LogP contribution in [0.25, 0.3) is 0 Å². The second-order valence-corrected chi connectivity index (χ2v) is 6.80. The topological polar surface area (TPSA) is 38.3 Å². The van der Waals surface area contributed by atoms with Gasteiger partial charge in [0.05, 0.1) is 12.2 Å². The highest BCUT2D eigenvalue weighted by Crippen LogP contribution is 2.18. The van der Waals surface area contributed by atoms with Gasteiger partial charge in [-0.05, 0) is 38.5 Å². The summed E-state index contributed by atoms with van der Waals surface area (Å²) in [5.41, 5.74) is 1.40. The van der Waals surface area contributed by atoms with Crippen LogP contribution in [0.1, 0.15) is 47.1 Å². The third-order valence-electron chi connectivity index (χ3n) is 2.56. The number of rotatable bonds is 3. The Balaban J connectivity index is 2.60. The third kappa shape index (κ3) is 5.88. The van der Waals surface area contributed by atoms with Crippen molar-refractivity contribution in [2.45, 2.75) is 53.8 Å². The summed E-state index contributed by atoms with van der Waals surface area (Å²) in [7, 11) is 0. The first kappa shape index (κ1) is 15.7. The van der Waals surface area contributed by atoms with E-state index in [4.69, 9.17) is 4.74 Å². The Morgan fingerprint density at radius 1 is 1.05 bits per heavy atom. The minimum atomic E-state index is -0.381. The molecule has 0 aliphatic heterocycles. The maximum atomic E-state index is 11.8. The van der Waals surface area contributed by atoms with E-state index in [-0.39, 0.29) is 16.9 Å². The van der Waals surface area contributed by atoms with Gasteiger partial charge in [0.25, 0.3) is 0 Å². The minimum Gasteiger partial charge on any atom is -0.371 e. The van der Waals surface area contributed by atoms with Gasteiger partial charge in [0.2, 0.25) is 5.91 Å². The molecule has 0 aliphatic rings. The van der Waals surface area contributed by atoms with Gasteiger partial charge in [0, 0.05) is 11.1 Å². The lowest BCUT2D eigenvalue weighted by Gasteiger charge is -2.20. The molecule has 3 heteroatoms. The molecule has 3 nitrogen and oxygen atoms in total. The Kier molecular flexibility index (Phi) is 4.75. The molecule has 0 aliphatic carbocycles. The number of carbonyl (C=O) groups is 1. The summed E-state index contributed by atoms with van der Waals surface area (Å²) in [6, 6.07) is 7.77. The second kappa shape index (κ2) is 5.74. The van der Waals surface area contributed by atoms with Gasteiger partial charge in [-0.25, -0.2) is 0 Å². The molecule has 0 saturated heterocycles. The highest BCUT2D eigenvalue weighted by molar-refractivity contribution is 5.94. The van der Waals surface area contributed by atoms with Crippen LogP contribution in [0.3, 0.4) is 0 Å². The number of carbonyl (C=O) groups excluding carboxylic acids is 1. The summed E-state index contributed by atoms with van der Waals surface area (Å²) < 4.78 is 5.70. The average molecular weight is 263 g/mol. The zero-order chi connectivity index (χ0) is 14.7. The molecule has 0 saturated carbocycles. The molecule has 0 aromatic heterocycles. The summed E-state index contributed by atoms with van der Waals surface area (Å²) in [6.07, 6.45) is 0. The molecule has 0 atom stereocenters. The third-order valence-corrected chi connectivity index (χ3v) is 2.56. The Bertz CT molecular complexity index is 422. The van der Waals surface area contributed by atoms with E-state index in [0.717, 1.165) is 11.3 Å². The van der Waals surface area contributed by atoms with E-state index in [2.05, 4.69) is 5.32 Å². The SMILES string of the molecule is CC(C)(C)OCc1ccc(NC(=O)C(C)(C)C)cc1. The number of nitrogens with one attached hydrogen (secondary N) is 1. The van der Waals surface area contributed by atoms with Crippen LogP contribution < -0.4 is 5.32 Å². The van der Waals surface area contributed by atoms with Crippen molar-refractivity contribution in [2.24, 2.45) is 5.41 Å². The second-order valence-electron chi connectivity index (χ2n) is 6.80. The van der Waals surface area contributed by atoms with Crippen molar-refractivity contribution >= 4 is 11.6 Å². The fourth-order valence-electron chi connectivity index (χ4n) is 1.30. The number of anilines is 1. The zero-order valence-corrected chi connectivity index (χ0v) is 12.8. The standard InChI is InChI=1S/C16H25NO2/c1-15(2,3)14(18)17-13-9-7-12(8-10-13)11-19-16(4,5)6/h7-10H,11H2,1-6H3,(H,17,18). The Morgan fingerprint density at radius 3 is 2.00 bits per heavy atom. The van der Waals surface area contributed by atoms with Gasteiger partial charge in [0.15, 0.2) is 0 Å². The Labute approximate surface area is 116 Å². The van der Waals surface area contributed by atoms with Crippen molar-refractivity contribution < 1.29 is 9.53 Å². The summed E-state index contributed by atoms with van der Waals surface area (Å²) in [5.74, 6) is 0.0196. The van der Waals surface area contributed by atoms with Crippen LogP contribution in [0.2, 0.25) is 0 Å². The van der Waals surface area contributed by atoms with Crippen molar-refractivity contribution in [1.82, 2.24) is 0 Å². The molecule has 0 heterocycles. The van der Waals surface area contributed by atoms with Gasteiger partial charge in [-0.2, -0.15) is 0 Å². The molecule has 1 N–H and O–H groups in total. The first-order chi connectivity index (χ1) is 8.58. The number of benzene rings is 1. The van der Waals surface area contributed by atoms with Gasteiger partial charge >= 0.3 is 0 Å². The van der Waals surface area contributed by atoms with Crippen molar-refractivity contribution in [2.75, 3.05) is 5.32 Å². The van der Waals surface area contributed by atoms with Crippen molar-refractivity contribution in [3.8, 4) is 0 Å². The molecule has 0 spiro atoms. The molecule has 0 radical (unpaired) electrons. The van der Waals surface area contributed by atoms with Gasteiger partial charge in [-0.3, -0.25) is 4.79 Å². The number of hydrogen-bond donors (Lipinski definition) is 1. The quantitative estimate of drug-likeness (QED) is 0.895. The van der Waals surface area contributed by atoms with E-state index < -0.39 is 0 Å². The average Bonchev–Trinajstić information content (AvgIpc) is 2.26. The van der Waals surface area contributed by atoms with Crippen molar-refractivity contribution in [1.29, 1.82) is 0 Å². The van der Waals surface area contributed by atoms with E-state index >= 15 is 0 Å². The maximum Gasteiger partial charge on any atom is 0.229 e. The fraction of sp³-hybridized carbons (Fsp3) is 0.562. The van der Waals surface area contributed by atoms with Crippen molar-refractivity contribution in [3.05, 3.63) is 29.8 Å². The van der Waals surface area contributed by atoms with Crippen molar-refractivity contribution in [3.63, 3.8) is 0 Å². The van der Waals surface area contributed by atoms with Crippen LogP contribution in [-0.4, -0.2) is 11.5 Å². The maximum absolute atomic E-state index is 11.8. The van der Waals surface area contributed by atoms with Crippen LogP contribution in [0.15, 0.2) is 24.3 Å². The molecule has 19 heavy (non-hydrogen) atoms. The summed E-state index contributed by atoms with van der Waals surface area (Å²) in [6.45, 7) is 12.4. The molecule has 0 fully saturated rings. The van der Waals surface area contributed by atoms with Crippen LogP contribution in [0, 0.1) is 5.41 Å². The molecule has 1 aromatic carbocycles. The van der Waals surface area contributed by atoms with Gasteiger partial charge in [-0.15, -0.1) is 0 Å². The van der Waals surface area contributed by atoms with E-state index in [1.54, 1.807) is 0 Å². The molecule has 1 aromatic rings.